The second-order valence-corrected chi connectivity index (χ2v) is 10.7. The normalized spacial score (nSPS) is 14.0. The maximum atomic E-state index is 11.0. The fourth-order valence-corrected chi connectivity index (χ4v) is 5.34. The lowest BCUT2D eigenvalue weighted by atomic mass is 10.1. The number of aromatic nitrogens is 5. The molecule has 0 atom stereocenters. The van der Waals surface area contributed by atoms with Crippen LogP contribution < -0.4 is 10.2 Å². The van der Waals surface area contributed by atoms with E-state index >= 15 is 0 Å². The summed E-state index contributed by atoms with van der Waals surface area (Å²) in [7, 11) is 0. The van der Waals surface area contributed by atoms with E-state index in [1.54, 1.807) is 36.9 Å². The van der Waals surface area contributed by atoms with Gasteiger partial charge in [-0.3, -0.25) is 10.1 Å². The van der Waals surface area contributed by atoms with Crippen molar-refractivity contribution in [1.29, 1.82) is 0 Å². The van der Waals surface area contributed by atoms with Gasteiger partial charge in [0.15, 0.2) is 0 Å². The molecule has 1 aliphatic heterocycles. The summed E-state index contributed by atoms with van der Waals surface area (Å²) in [5, 5.41) is 15.3. The molecule has 1 saturated heterocycles. The Bertz CT molecular complexity index is 1440. The van der Waals surface area contributed by atoms with Crippen molar-refractivity contribution in [3.63, 3.8) is 0 Å². The lowest BCUT2D eigenvalue weighted by Crippen LogP contribution is -2.39. The molecule has 0 saturated carbocycles. The largest absolute Gasteiger partial charge is 0.368 e. The first-order valence-corrected chi connectivity index (χ1v) is 14.4. The van der Waals surface area contributed by atoms with Crippen molar-refractivity contribution >= 4 is 40.7 Å². The number of pyridine rings is 1. The van der Waals surface area contributed by atoms with Gasteiger partial charge in [0.25, 0.3) is 5.69 Å². The van der Waals surface area contributed by atoms with Crippen molar-refractivity contribution < 1.29 is 4.92 Å². The van der Waals surface area contributed by atoms with Crippen LogP contribution in [0.3, 0.4) is 0 Å². The molecule has 1 fully saturated rings. The zero-order valence-corrected chi connectivity index (χ0v) is 24.0. The maximum Gasteiger partial charge on any atom is 0.287 e. The Hall–Kier alpha value is -3.80. The SMILES string of the molecule is O=[N+]([O-])c1ccc(NCCN(CCN2CCCCCC2)c2ncc(-n3ccnc3)c(-c3ccc(Cl)cc3Cl)n2)nc1. The fraction of sp³-hybridized carbons (Fsp3) is 0.357. The summed E-state index contributed by atoms with van der Waals surface area (Å²) < 4.78 is 1.85. The second kappa shape index (κ2) is 13.7. The van der Waals surface area contributed by atoms with Crippen LogP contribution in [0.4, 0.5) is 17.5 Å². The second-order valence-electron chi connectivity index (χ2n) is 9.83. The third kappa shape index (κ3) is 7.49. The molecule has 0 radical (unpaired) electrons. The average Bonchev–Trinajstić information content (AvgIpc) is 3.38. The third-order valence-corrected chi connectivity index (χ3v) is 7.59. The van der Waals surface area contributed by atoms with E-state index in [9.17, 15) is 10.1 Å². The zero-order chi connectivity index (χ0) is 28.6. The average molecular weight is 597 g/mol. The van der Waals surface area contributed by atoms with Crippen molar-refractivity contribution in [3.8, 4) is 16.9 Å². The van der Waals surface area contributed by atoms with Gasteiger partial charge < -0.3 is 19.7 Å². The number of nitrogens with one attached hydrogen (secondary N) is 1. The highest BCUT2D eigenvalue weighted by Gasteiger charge is 2.19. The molecular formula is C28H31Cl2N9O2. The molecule has 41 heavy (non-hydrogen) atoms. The zero-order valence-electron chi connectivity index (χ0n) is 22.5. The number of rotatable bonds is 11. The Morgan fingerprint density at radius 2 is 1.85 bits per heavy atom. The molecule has 0 spiro atoms. The van der Waals surface area contributed by atoms with Gasteiger partial charge in [-0.05, 0) is 50.2 Å². The van der Waals surface area contributed by atoms with Crippen LogP contribution in [0.2, 0.25) is 10.0 Å². The maximum absolute atomic E-state index is 11.0. The van der Waals surface area contributed by atoms with E-state index < -0.39 is 4.92 Å². The van der Waals surface area contributed by atoms with Crippen LogP contribution in [0.25, 0.3) is 16.9 Å². The van der Waals surface area contributed by atoms with E-state index in [1.165, 1.54) is 37.9 Å². The fourth-order valence-electron chi connectivity index (χ4n) is 4.84. The van der Waals surface area contributed by atoms with E-state index in [0.717, 1.165) is 37.4 Å². The summed E-state index contributed by atoms with van der Waals surface area (Å²) in [4.78, 5) is 33.3. The number of nitro groups is 1. The Labute approximate surface area is 248 Å². The van der Waals surface area contributed by atoms with Crippen LogP contribution in [0, 0.1) is 10.1 Å². The van der Waals surface area contributed by atoms with E-state index in [1.807, 2.05) is 16.8 Å². The first-order chi connectivity index (χ1) is 20.0. The van der Waals surface area contributed by atoms with Gasteiger partial charge >= 0.3 is 0 Å². The summed E-state index contributed by atoms with van der Waals surface area (Å²) in [5.41, 5.74) is 2.11. The van der Waals surface area contributed by atoms with Gasteiger partial charge in [0.2, 0.25) is 5.95 Å². The van der Waals surface area contributed by atoms with Crippen LogP contribution in [-0.2, 0) is 0 Å². The molecule has 0 amide bonds. The molecule has 0 unspecified atom stereocenters. The number of hydrogen-bond donors (Lipinski definition) is 1. The van der Waals surface area contributed by atoms with Crippen LogP contribution in [-0.4, -0.2) is 73.6 Å². The number of hydrogen-bond acceptors (Lipinski definition) is 9. The quantitative estimate of drug-likeness (QED) is 0.171. The number of halogens is 2. The van der Waals surface area contributed by atoms with Crippen molar-refractivity contribution in [2.45, 2.75) is 25.7 Å². The van der Waals surface area contributed by atoms with Crippen molar-refractivity contribution in [2.24, 2.45) is 0 Å². The van der Waals surface area contributed by atoms with Gasteiger partial charge in [0.1, 0.15) is 17.7 Å². The summed E-state index contributed by atoms with van der Waals surface area (Å²) in [6.45, 7) is 4.92. The number of anilines is 2. The van der Waals surface area contributed by atoms with Crippen molar-refractivity contribution in [2.75, 3.05) is 49.5 Å². The molecule has 0 bridgehead atoms. The molecule has 3 aromatic heterocycles. The lowest BCUT2D eigenvalue weighted by molar-refractivity contribution is -0.385. The highest BCUT2D eigenvalue weighted by atomic mass is 35.5. The van der Waals surface area contributed by atoms with Gasteiger partial charge in [0, 0.05) is 55.2 Å². The molecule has 4 aromatic rings. The molecule has 5 rings (SSSR count). The molecule has 11 nitrogen and oxygen atoms in total. The molecule has 0 aliphatic carbocycles. The molecule has 1 aliphatic rings. The monoisotopic (exact) mass is 595 g/mol. The Morgan fingerprint density at radius 1 is 1.02 bits per heavy atom. The smallest absolute Gasteiger partial charge is 0.287 e. The number of likely N-dealkylation sites (tertiary alicyclic amines) is 1. The topological polar surface area (TPSA) is 118 Å². The van der Waals surface area contributed by atoms with Gasteiger partial charge in [-0.15, -0.1) is 0 Å². The molecule has 4 heterocycles. The van der Waals surface area contributed by atoms with Crippen LogP contribution in [0.1, 0.15) is 25.7 Å². The predicted molar refractivity (Wildman–Crippen MR) is 161 cm³/mol. The molecule has 214 valence electrons. The van der Waals surface area contributed by atoms with Crippen LogP contribution in [0.15, 0.2) is 61.4 Å². The van der Waals surface area contributed by atoms with E-state index in [2.05, 4.69) is 25.1 Å². The predicted octanol–water partition coefficient (Wildman–Crippen LogP) is 5.73. The number of benzene rings is 1. The number of imidazole rings is 1. The first kappa shape index (κ1) is 28.7. The summed E-state index contributed by atoms with van der Waals surface area (Å²) in [5.74, 6) is 1.14. The van der Waals surface area contributed by atoms with Crippen LogP contribution in [0.5, 0.6) is 0 Å². The minimum absolute atomic E-state index is 0.0469. The van der Waals surface area contributed by atoms with Crippen LogP contribution >= 0.6 is 23.2 Å². The molecule has 1 N–H and O–H groups in total. The van der Waals surface area contributed by atoms with Gasteiger partial charge in [-0.1, -0.05) is 36.0 Å². The first-order valence-electron chi connectivity index (χ1n) is 13.6. The summed E-state index contributed by atoms with van der Waals surface area (Å²) in [6, 6.07) is 8.40. The Morgan fingerprint density at radius 3 is 2.54 bits per heavy atom. The molecular weight excluding hydrogens is 565 g/mol. The van der Waals surface area contributed by atoms with E-state index in [4.69, 9.17) is 33.2 Å². The molecule has 13 heteroatoms. The highest BCUT2D eigenvalue weighted by molar-refractivity contribution is 6.36. The van der Waals surface area contributed by atoms with Crippen molar-refractivity contribution in [1.82, 2.24) is 29.4 Å². The third-order valence-electron chi connectivity index (χ3n) is 7.04. The van der Waals surface area contributed by atoms with E-state index in [0.29, 0.717) is 40.6 Å². The standard InChI is InChI=1S/C28H31Cl2N9O2/c29-21-5-7-23(24(30)17-21)27-25(38-13-9-31-20-38)19-34-28(35-27)37(16-15-36-11-3-1-2-4-12-36)14-10-32-26-8-6-22(18-33-26)39(40)41/h5-9,13,17-20H,1-4,10-12,14-16H2,(H,32,33). The summed E-state index contributed by atoms with van der Waals surface area (Å²) in [6.07, 6.45) is 13.2. The lowest BCUT2D eigenvalue weighted by Gasteiger charge is -2.28. The Kier molecular flexibility index (Phi) is 9.60. The van der Waals surface area contributed by atoms with E-state index in [-0.39, 0.29) is 5.69 Å². The van der Waals surface area contributed by atoms with Crippen molar-refractivity contribution in [3.05, 3.63) is 81.6 Å². The number of nitrogens with zero attached hydrogens (tertiary/aromatic N) is 8. The van der Waals surface area contributed by atoms with Gasteiger partial charge in [-0.2, -0.15) is 0 Å². The van der Waals surface area contributed by atoms with Gasteiger partial charge in [0.05, 0.1) is 28.2 Å². The minimum atomic E-state index is -0.462. The molecule has 1 aromatic carbocycles. The minimum Gasteiger partial charge on any atom is -0.368 e. The highest BCUT2D eigenvalue weighted by Crippen LogP contribution is 2.33. The summed E-state index contributed by atoms with van der Waals surface area (Å²) >= 11 is 12.8. The Balaban J connectivity index is 1.42. The van der Waals surface area contributed by atoms with Gasteiger partial charge in [-0.25, -0.2) is 19.9 Å².